The van der Waals surface area contributed by atoms with Gasteiger partial charge in [0.15, 0.2) is 46.0 Å². The molecular weight excluding hydrogens is 703 g/mol. The van der Waals surface area contributed by atoms with E-state index in [9.17, 15) is 13.2 Å². The topological polar surface area (TPSA) is 125 Å². The first-order chi connectivity index (χ1) is 22.0. The molecule has 0 saturated carbocycles. The Bertz CT molecular complexity index is 1720. The third kappa shape index (κ3) is 7.32. The van der Waals surface area contributed by atoms with Crippen LogP contribution in [0.4, 0.5) is 19.0 Å². The molecule has 0 spiro atoms. The van der Waals surface area contributed by atoms with Crippen LogP contribution in [0.2, 0.25) is 36.3 Å². The fourth-order valence-electron chi connectivity index (χ4n) is 4.96. The number of ether oxygens (including phenoxy) is 1. The Morgan fingerprint density at radius 1 is 0.938 bits per heavy atom. The van der Waals surface area contributed by atoms with Crippen LogP contribution in [0.3, 0.4) is 0 Å². The third-order valence-corrected chi connectivity index (χ3v) is 21.1. The van der Waals surface area contributed by atoms with Crippen molar-refractivity contribution in [2.75, 3.05) is 18.9 Å². The maximum atomic E-state index is 14.6. The van der Waals surface area contributed by atoms with E-state index in [1.54, 1.807) is 10.9 Å². The van der Waals surface area contributed by atoms with Crippen LogP contribution in [0.15, 0.2) is 24.8 Å². The molecule has 2 unspecified atom stereocenters. The molecule has 5 rings (SSSR count). The second kappa shape index (κ2) is 13.1. The van der Waals surface area contributed by atoms with Crippen LogP contribution in [0, 0.1) is 17.5 Å². The van der Waals surface area contributed by atoms with Crippen LogP contribution in [0.5, 0.6) is 0 Å². The zero-order valence-electron chi connectivity index (χ0n) is 28.9. The fourth-order valence-corrected chi connectivity index (χ4v) is 9.57. The van der Waals surface area contributed by atoms with E-state index in [1.807, 2.05) is 0 Å². The molecule has 0 radical (unpaired) electrons. The number of hydrogen-bond donors (Lipinski definition) is 1. The second-order valence-corrected chi connectivity index (χ2v) is 27.7. The standard InChI is InChI=1S/C30H45F3N5O6PSSi2/c1-29(2,3)47(7,8)43-24-22(14-40-45(46)39-13-21(42-45)17-11-19(32)20(33)12-18(17)31)41-28(25(24)44-48(9,10)30(4,5)6)38-16-37-23-26(34)35-15-36-27(23)38/h11-12,15-16,21-22,24-25,28H,13-14H2,1-10H3,(H2,34,35,36)/t21?,22-,24-,25-,28-,45?/m1/s1. The summed E-state index contributed by atoms with van der Waals surface area (Å²) in [5.41, 5.74) is 6.81. The van der Waals surface area contributed by atoms with Gasteiger partial charge in [-0.3, -0.25) is 9.09 Å². The quantitative estimate of drug-likeness (QED) is 0.133. The Hall–Kier alpha value is -1.80. The number of benzene rings is 1. The number of hydrogen-bond acceptors (Lipinski definition) is 11. The van der Waals surface area contributed by atoms with E-state index >= 15 is 0 Å². The van der Waals surface area contributed by atoms with Gasteiger partial charge in [0, 0.05) is 11.6 Å². The Kier molecular flexibility index (Phi) is 10.2. The molecule has 2 aromatic heterocycles. The van der Waals surface area contributed by atoms with Crippen molar-refractivity contribution in [1.82, 2.24) is 19.5 Å². The van der Waals surface area contributed by atoms with Crippen LogP contribution in [0.25, 0.3) is 11.2 Å². The Morgan fingerprint density at radius 2 is 1.54 bits per heavy atom. The summed E-state index contributed by atoms with van der Waals surface area (Å²) < 4.78 is 82.7. The van der Waals surface area contributed by atoms with Gasteiger partial charge in [-0.1, -0.05) is 41.5 Å². The summed E-state index contributed by atoms with van der Waals surface area (Å²) in [6, 6.07) is 1.21. The molecule has 2 N–H and O–H groups in total. The molecule has 0 amide bonds. The Morgan fingerprint density at radius 3 is 2.17 bits per heavy atom. The van der Waals surface area contributed by atoms with E-state index in [1.165, 1.54) is 6.33 Å². The molecule has 6 atom stereocenters. The lowest BCUT2D eigenvalue weighted by Crippen LogP contribution is -2.54. The van der Waals surface area contributed by atoms with Crippen LogP contribution in [-0.2, 0) is 39.0 Å². The number of nitrogens with two attached hydrogens (primary N) is 1. The van der Waals surface area contributed by atoms with Crippen molar-refractivity contribution in [3.8, 4) is 0 Å². The average molecular weight is 748 g/mol. The van der Waals surface area contributed by atoms with Crippen molar-refractivity contribution < 1.29 is 40.3 Å². The maximum Gasteiger partial charge on any atom is 0.328 e. The molecule has 2 fully saturated rings. The van der Waals surface area contributed by atoms with E-state index in [0.717, 1.165) is 6.07 Å². The minimum Gasteiger partial charge on any atom is -0.408 e. The predicted molar refractivity (Wildman–Crippen MR) is 184 cm³/mol. The molecule has 0 aliphatic carbocycles. The summed E-state index contributed by atoms with van der Waals surface area (Å²) in [6.45, 7) is 17.7. The molecule has 18 heteroatoms. The molecule has 2 aliphatic rings. The van der Waals surface area contributed by atoms with Gasteiger partial charge >= 0.3 is 6.72 Å². The molecule has 4 heterocycles. The van der Waals surface area contributed by atoms with E-state index in [0.29, 0.717) is 17.2 Å². The van der Waals surface area contributed by atoms with Crippen LogP contribution >= 0.6 is 6.72 Å². The van der Waals surface area contributed by atoms with Gasteiger partial charge < -0.3 is 28.4 Å². The molecule has 11 nitrogen and oxygen atoms in total. The molecule has 2 aliphatic heterocycles. The highest BCUT2D eigenvalue weighted by atomic mass is 32.5. The largest absolute Gasteiger partial charge is 0.408 e. The highest BCUT2D eigenvalue weighted by Gasteiger charge is 2.55. The van der Waals surface area contributed by atoms with Gasteiger partial charge in [-0.15, -0.1) is 0 Å². The molecule has 2 saturated heterocycles. The number of fused-ring (bicyclic) bond motifs is 1. The summed E-state index contributed by atoms with van der Waals surface area (Å²) in [4.78, 5) is 13.0. The SMILES string of the molecule is CC(C)(C)[Si](C)(C)O[C@@H]1[C@H](O[Si](C)(C)C(C)(C)C)[C@@H](COP2(=S)OCC(c3cc(F)c(F)cc3F)O2)O[C@H]1n1cnc2c(N)ncnc21. The van der Waals surface area contributed by atoms with Crippen molar-refractivity contribution in [1.29, 1.82) is 0 Å². The first-order valence-corrected chi connectivity index (χ1v) is 24.1. The lowest BCUT2D eigenvalue weighted by atomic mass is 10.1. The summed E-state index contributed by atoms with van der Waals surface area (Å²) in [5, 5.41) is -0.309. The highest BCUT2D eigenvalue weighted by Crippen LogP contribution is 2.60. The van der Waals surface area contributed by atoms with Crippen molar-refractivity contribution >= 4 is 52.1 Å². The van der Waals surface area contributed by atoms with Crippen molar-refractivity contribution in [2.24, 2.45) is 0 Å². The van der Waals surface area contributed by atoms with Gasteiger partial charge in [-0.25, -0.2) is 28.1 Å². The normalized spacial score (nSPS) is 27.3. The van der Waals surface area contributed by atoms with Gasteiger partial charge in [0.25, 0.3) is 0 Å². The zero-order valence-corrected chi connectivity index (χ0v) is 32.6. The zero-order chi connectivity index (χ0) is 35.6. The van der Waals surface area contributed by atoms with E-state index in [2.05, 4.69) is 82.7 Å². The van der Waals surface area contributed by atoms with Gasteiger partial charge in [0.05, 0.1) is 19.5 Å². The van der Waals surface area contributed by atoms with Gasteiger partial charge in [0.1, 0.15) is 42.1 Å². The number of imidazole rings is 1. The maximum absolute atomic E-state index is 14.6. The van der Waals surface area contributed by atoms with Gasteiger partial charge in [-0.2, -0.15) is 0 Å². The number of nitrogens with zero attached hydrogens (tertiary/aromatic N) is 4. The minimum atomic E-state index is -3.48. The van der Waals surface area contributed by atoms with E-state index < -0.39 is 71.4 Å². The summed E-state index contributed by atoms with van der Waals surface area (Å²) in [7, 11) is -4.91. The lowest BCUT2D eigenvalue weighted by Gasteiger charge is -2.44. The Balaban J connectivity index is 1.50. The Labute approximate surface area is 286 Å². The molecule has 48 heavy (non-hydrogen) atoms. The number of halogens is 3. The first kappa shape index (κ1) is 37.5. The van der Waals surface area contributed by atoms with Crippen LogP contribution < -0.4 is 5.73 Å². The number of aromatic nitrogens is 4. The van der Waals surface area contributed by atoms with E-state index in [4.69, 9.17) is 44.7 Å². The molecule has 266 valence electrons. The molecule has 3 aromatic rings. The van der Waals surface area contributed by atoms with Crippen molar-refractivity contribution in [2.45, 2.75) is 108 Å². The number of nitrogen functional groups attached to an aromatic ring is 1. The summed E-state index contributed by atoms with van der Waals surface area (Å²) >= 11 is 5.64. The lowest BCUT2D eigenvalue weighted by molar-refractivity contribution is -0.0468. The van der Waals surface area contributed by atoms with E-state index in [-0.39, 0.29) is 34.7 Å². The molecule has 0 bridgehead atoms. The first-order valence-electron chi connectivity index (χ1n) is 15.7. The summed E-state index contributed by atoms with van der Waals surface area (Å²) in [6.07, 6.45) is -0.871. The average Bonchev–Trinajstić information content (AvgIpc) is 3.65. The van der Waals surface area contributed by atoms with Gasteiger partial charge in [0.2, 0.25) is 0 Å². The minimum absolute atomic E-state index is 0.124. The molecule has 1 aromatic carbocycles. The number of anilines is 1. The van der Waals surface area contributed by atoms with Crippen LogP contribution in [-0.4, -0.2) is 67.7 Å². The van der Waals surface area contributed by atoms with Crippen molar-refractivity contribution in [3.05, 3.63) is 47.8 Å². The number of rotatable bonds is 9. The monoisotopic (exact) mass is 747 g/mol. The predicted octanol–water partition coefficient (Wildman–Crippen LogP) is 7.53. The third-order valence-electron chi connectivity index (χ3n) is 9.84. The van der Waals surface area contributed by atoms with Crippen molar-refractivity contribution in [3.63, 3.8) is 0 Å². The van der Waals surface area contributed by atoms with Gasteiger partial charge in [-0.05, 0) is 54.1 Å². The molecular formula is C30H45F3N5O6PSSi2. The van der Waals surface area contributed by atoms with Crippen LogP contribution in [0.1, 0.15) is 59.4 Å². The highest BCUT2D eigenvalue weighted by molar-refractivity contribution is 8.07. The smallest absolute Gasteiger partial charge is 0.328 e. The summed E-state index contributed by atoms with van der Waals surface area (Å²) in [5.74, 6) is -3.26. The fraction of sp³-hybridized carbons (Fsp3) is 0.633. The second-order valence-electron chi connectivity index (χ2n) is 15.3.